The normalized spacial score (nSPS) is 10.4. The fraction of sp³-hybridized carbons (Fsp3) is 0.214. The van der Waals surface area contributed by atoms with Gasteiger partial charge in [0.1, 0.15) is 11.6 Å². The summed E-state index contributed by atoms with van der Waals surface area (Å²) in [7, 11) is 0. The highest BCUT2D eigenvalue weighted by Crippen LogP contribution is 2.20. The largest absolute Gasteiger partial charge is 0.351 e. The Labute approximate surface area is 120 Å². The Hall–Kier alpha value is -2.70. The maximum Gasteiger partial charge on any atom is 0.318 e. The molecule has 0 saturated heterocycles. The van der Waals surface area contributed by atoms with Crippen molar-refractivity contribution in [2.75, 3.05) is 0 Å². The first kappa shape index (κ1) is 14.7. The Morgan fingerprint density at radius 3 is 2.86 bits per heavy atom. The average molecular weight is 290 g/mol. The number of aromatic nitrogens is 2. The molecule has 6 nitrogen and oxygen atoms in total. The number of carbonyl (C=O) groups excluding carboxylic acids is 2. The molecule has 2 aromatic rings. The molecule has 21 heavy (non-hydrogen) atoms. The molecule has 1 heterocycles. The van der Waals surface area contributed by atoms with Gasteiger partial charge < -0.3 is 10.3 Å². The third-order valence-corrected chi connectivity index (χ3v) is 2.97. The average Bonchev–Trinajstić information content (AvgIpc) is 2.87. The molecule has 0 bridgehead atoms. The van der Waals surface area contributed by atoms with Gasteiger partial charge in [-0.15, -0.1) is 0 Å². The van der Waals surface area contributed by atoms with Crippen molar-refractivity contribution in [2.24, 2.45) is 5.73 Å². The summed E-state index contributed by atoms with van der Waals surface area (Å²) in [5, 5.41) is 2.00. The van der Waals surface area contributed by atoms with E-state index in [-0.39, 0.29) is 12.2 Å². The van der Waals surface area contributed by atoms with E-state index >= 15 is 0 Å². The van der Waals surface area contributed by atoms with Gasteiger partial charge >= 0.3 is 6.03 Å². The van der Waals surface area contributed by atoms with E-state index in [0.29, 0.717) is 17.9 Å². The maximum atomic E-state index is 13.3. The van der Waals surface area contributed by atoms with Crippen LogP contribution in [0.15, 0.2) is 30.6 Å². The SMILES string of the molecule is Cc1cc(-c2nccn2CCC(=O)NC(N)=O)ccc1F. The molecule has 1 aromatic carbocycles. The number of halogens is 1. The smallest absolute Gasteiger partial charge is 0.318 e. The molecule has 2 rings (SSSR count). The summed E-state index contributed by atoms with van der Waals surface area (Å²) in [6, 6.07) is 3.83. The lowest BCUT2D eigenvalue weighted by atomic mass is 10.1. The number of hydrogen-bond acceptors (Lipinski definition) is 3. The van der Waals surface area contributed by atoms with Gasteiger partial charge in [0.05, 0.1) is 0 Å². The van der Waals surface area contributed by atoms with Gasteiger partial charge in [0.2, 0.25) is 5.91 Å². The van der Waals surface area contributed by atoms with E-state index in [4.69, 9.17) is 5.73 Å². The first-order chi connectivity index (χ1) is 9.97. The third kappa shape index (κ3) is 3.65. The molecule has 0 aliphatic heterocycles. The number of carbonyl (C=O) groups is 2. The van der Waals surface area contributed by atoms with E-state index in [2.05, 4.69) is 4.98 Å². The van der Waals surface area contributed by atoms with Crippen molar-refractivity contribution < 1.29 is 14.0 Å². The van der Waals surface area contributed by atoms with E-state index in [0.717, 1.165) is 5.56 Å². The molecular weight excluding hydrogens is 275 g/mol. The van der Waals surface area contributed by atoms with Gasteiger partial charge in [-0.05, 0) is 30.7 Å². The van der Waals surface area contributed by atoms with Crippen molar-refractivity contribution in [3.63, 3.8) is 0 Å². The predicted octanol–water partition coefficient (Wildman–Crippen LogP) is 1.58. The minimum absolute atomic E-state index is 0.0898. The number of rotatable bonds is 4. The van der Waals surface area contributed by atoms with Crippen LogP contribution in [0.2, 0.25) is 0 Å². The Morgan fingerprint density at radius 2 is 2.19 bits per heavy atom. The summed E-state index contributed by atoms with van der Waals surface area (Å²) in [4.78, 5) is 26.2. The zero-order chi connectivity index (χ0) is 15.4. The van der Waals surface area contributed by atoms with Crippen LogP contribution in [-0.2, 0) is 11.3 Å². The number of nitrogens with zero attached hydrogens (tertiary/aromatic N) is 2. The Kier molecular flexibility index (Phi) is 4.32. The molecule has 0 saturated carbocycles. The van der Waals surface area contributed by atoms with Gasteiger partial charge in [-0.2, -0.15) is 0 Å². The standard InChI is InChI=1S/C14H15FN4O2/c1-9-8-10(2-3-11(9)15)13-17-5-7-19(13)6-4-12(20)18-14(16)21/h2-3,5,7-8H,4,6H2,1H3,(H3,16,18,20,21). The minimum Gasteiger partial charge on any atom is -0.351 e. The number of urea groups is 1. The molecule has 0 aliphatic rings. The molecule has 0 fully saturated rings. The highest BCUT2D eigenvalue weighted by molar-refractivity contribution is 5.93. The lowest BCUT2D eigenvalue weighted by molar-refractivity contribution is -0.120. The highest BCUT2D eigenvalue weighted by atomic mass is 19.1. The molecule has 3 N–H and O–H groups in total. The van der Waals surface area contributed by atoms with Crippen LogP contribution >= 0.6 is 0 Å². The topological polar surface area (TPSA) is 90.0 Å². The van der Waals surface area contributed by atoms with Crippen LogP contribution in [0.25, 0.3) is 11.4 Å². The lowest BCUT2D eigenvalue weighted by Gasteiger charge is -2.08. The molecule has 110 valence electrons. The summed E-state index contributed by atoms with van der Waals surface area (Å²) in [5.74, 6) is -0.111. The van der Waals surface area contributed by atoms with E-state index in [1.54, 1.807) is 36.0 Å². The second-order valence-electron chi connectivity index (χ2n) is 4.57. The van der Waals surface area contributed by atoms with Crippen LogP contribution in [-0.4, -0.2) is 21.5 Å². The Bertz CT molecular complexity index is 681. The third-order valence-electron chi connectivity index (χ3n) is 2.97. The van der Waals surface area contributed by atoms with Crippen LogP contribution in [0.4, 0.5) is 9.18 Å². The van der Waals surface area contributed by atoms with Gasteiger partial charge in [0, 0.05) is 30.9 Å². The molecule has 0 unspecified atom stereocenters. The Balaban J connectivity index is 2.13. The fourth-order valence-electron chi connectivity index (χ4n) is 1.96. The summed E-state index contributed by atoms with van der Waals surface area (Å²) >= 11 is 0. The predicted molar refractivity (Wildman–Crippen MR) is 74.7 cm³/mol. The molecule has 3 amide bonds. The number of benzene rings is 1. The number of nitrogens with two attached hydrogens (primary N) is 1. The number of imide groups is 1. The maximum absolute atomic E-state index is 13.3. The molecule has 0 radical (unpaired) electrons. The molecule has 0 aliphatic carbocycles. The monoisotopic (exact) mass is 290 g/mol. The van der Waals surface area contributed by atoms with Gasteiger partial charge in [0.25, 0.3) is 0 Å². The second kappa shape index (κ2) is 6.17. The fourth-order valence-corrected chi connectivity index (χ4v) is 1.96. The summed E-state index contributed by atoms with van der Waals surface area (Å²) in [5.41, 5.74) is 6.15. The minimum atomic E-state index is -0.875. The van der Waals surface area contributed by atoms with Gasteiger partial charge in [0.15, 0.2) is 0 Å². The van der Waals surface area contributed by atoms with Crippen LogP contribution in [0.5, 0.6) is 0 Å². The first-order valence-electron chi connectivity index (χ1n) is 6.34. The van der Waals surface area contributed by atoms with Crippen molar-refractivity contribution in [3.8, 4) is 11.4 Å². The summed E-state index contributed by atoms with van der Waals surface area (Å²) in [6.45, 7) is 2.01. The Morgan fingerprint density at radius 1 is 1.43 bits per heavy atom. The lowest BCUT2D eigenvalue weighted by Crippen LogP contribution is -2.35. The van der Waals surface area contributed by atoms with E-state index in [1.807, 2.05) is 5.32 Å². The van der Waals surface area contributed by atoms with Crippen molar-refractivity contribution in [3.05, 3.63) is 42.0 Å². The summed E-state index contributed by atoms with van der Waals surface area (Å²) < 4.78 is 15.0. The number of aryl methyl sites for hydroxylation is 2. The zero-order valence-electron chi connectivity index (χ0n) is 11.5. The second-order valence-corrected chi connectivity index (χ2v) is 4.57. The van der Waals surface area contributed by atoms with Crippen molar-refractivity contribution in [1.29, 1.82) is 0 Å². The van der Waals surface area contributed by atoms with E-state index < -0.39 is 11.9 Å². The molecule has 0 spiro atoms. The number of primary amides is 1. The van der Waals surface area contributed by atoms with Crippen molar-refractivity contribution >= 4 is 11.9 Å². The van der Waals surface area contributed by atoms with Crippen LogP contribution in [0.1, 0.15) is 12.0 Å². The quantitative estimate of drug-likeness (QED) is 0.895. The summed E-state index contributed by atoms with van der Waals surface area (Å²) in [6.07, 6.45) is 3.40. The number of amides is 3. The van der Waals surface area contributed by atoms with Crippen molar-refractivity contribution in [2.45, 2.75) is 19.9 Å². The van der Waals surface area contributed by atoms with Crippen LogP contribution < -0.4 is 11.1 Å². The molecule has 0 atom stereocenters. The van der Waals surface area contributed by atoms with Crippen LogP contribution in [0, 0.1) is 12.7 Å². The number of imidazole rings is 1. The molecular formula is C14H15FN4O2. The van der Waals surface area contributed by atoms with E-state index in [9.17, 15) is 14.0 Å². The number of hydrogen-bond donors (Lipinski definition) is 2. The highest BCUT2D eigenvalue weighted by Gasteiger charge is 2.10. The number of nitrogens with one attached hydrogen (secondary N) is 1. The van der Waals surface area contributed by atoms with Crippen molar-refractivity contribution in [1.82, 2.24) is 14.9 Å². The van der Waals surface area contributed by atoms with E-state index in [1.165, 1.54) is 6.07 Å². The van der Waals surface area contributed by atoms with Gasteiger partial charge in [-0.3, -0.25) is 10.1 Å². The zero-order valence-corrected chi connectivity index (χ0v) is 11.5. The van der Waals surface area contributed by atoms with Gasteiger partial charge in [-0.1, -0.05) is 0 Å². The first-order valence-corrected chi connectivity index (χ1v) is 6.34. The van der Waals surface area contributed by atoms with Crippen LogP contribution in [0.3, 0.4) is 0 Å². The van der Waals surface area contributed by atoms with Gasteiger partial charge in [-0.25, -0.2) is 14.2 Å². The molecule has 1 aromatic heterocycles. The molecule has 7 heteroatoms.